The summed E-state index contributed by atoms with van der Waals surface area (Å²) in [6.45, 7) is 5.95. The maximum absolute atomic E-state index is 12.8. The molecule has 0 unspecified atom stereocenters. The zero-order chi connectivity index (χ0) is 26.0. The minimum Gasteiger partial charge on any atom is -0.491 e. The first-order chi connectivity index (χ1) is 18.0. The van der Waals surface area contributed by atoms with E-state index in [-0.39, 0.29) is 5.57 Å². The molecule has 2 amide bonds. The topological polar surface area (TPSA) is 86.3 Å². The molecule has 1 heterocycles. The molecule has 0 atom stereocenters. The number of benzene rings is 3. The number of hydrogen-bond acceptors (Lipinski definition) is 6. The van der Waals surface area contributed by atoms with Crippen molar-refractivity contribution in [1.29, 1.82) is 0 Å². The summed E-state index contributed by atoms with van der Waals surface area (Å²) in [7, 11) is 0. The van der Waals surface area contributed by atoms with E-state index in [1.807, 2.05) is 44.2 Å². The summed E-state index contributed by atoms with van der Waals surface area (Å²) >= 11 is 0. The van der Waals surface area contributed by atoms with Crippen molar-refractivity contribution in [2.24, 2.45) is 0 Å². The normalized spacial score (nSPS) is 14.1. The summed E-state index contributed by atoms with van der Waals surface area (Å²) in [6, 6.07) is 22.1. The van der Waals surface area contributed by atoms with Crippen molar-refractivity contribution >= 4 is 23.6 Å². The van der Waals surface area contributed by atoms with Crippen molar-refractivity contribution in [2.75, 3.05) is 38.0 Å². The van der Waals surface area contributed by atoms with Gasteiger partial charge in [0.15, 0.2) is 11.5 Å². The molecule has 0 spiro atoms. The van der Waals surface area contributed by atoms with Crippen LogP contribution >= 0.6 is 0 Å². The van der Waals surface area contributed by atoms with Gasteiger partial charge in [-0.25, -0.2) is 5.01 Å². The highest BCUT2D eigenvalue weighted by molar-refractivity contribution is 6.31. The second-order valence-corrected chi connectivity index (χ2v) is 8.24. The molecule has 192 valence electrons. The fourth-order valence-corrected chi connectivity index (χ4v) is 3.65. The third-order valence-corrected chi connectivity index (χ3v) is 5.49. The Morgan fingerprint density at radius 3 is 2.27 bits per heavy atom. The fraction of sp³-hybridized carbons (Fsp3) is 0.241. The molecule has 0 bridgehead atoms. The summed E-state index contributed by atoms with van der Waals surface area (Å²) in [5, 5.41) is 1.24. The quantitative estimate of drug-likeness (QED) is 0.225. The van der Waals surface area contributed by atoms with Crippen LogP contribution in [0.2, 0.25) is 0 Å². The SMILES string of the molecule is CCOc1cc(C=C2C(=O)NN(c3ccccc3)C2=O)ccc1OCCOCCOc1ccc(C)cc1. The van der Waals surface area contributed by atoms with E-state index in [9.17, 15) is 9.59 Å². The first-order valence-corrected chi connectivity index (χ1v) is 12.1. The number of para-hydroxylation sites is 1. The number of nitrogens with zero attached hydrogens (tertiary/aromatic N) is 1. The van der Waals surface area contributed by atoms with Crippen molar-refractivity contribution < 1.29 is 28.5 Å². The maximum Gasteiger partial charge on any atom is 0.282 e. The number of ether oxygens (including phenoxy) is 4. The molecular formula is C29H30N2O6. The summed E-state index contributed by atoms with van der Waals surface area (Å²) in [4.78, 5) is 25.3. The number of hydrogen-bond donors (Lipinski definition) is 1. The lowest BCUT2D eigenvalue weighted by Crippen LogP contribution is -2.35. The Kier molecular flexibility index (Phi) is 8.78. The van der Waals surface area contributed by atoms with Crippen LogP contribution in [0.25, 0.3) is 6.08 Å². The van der Waals surface area contributed by atoms with E-state index in [2.05, 4.69) is 5.43 Å². The summed E-state index contributed by atoms with van der Waals surface area (Å²) in [5.74, 6) is 1.00. The number of anilines is 1. The number of carbonyl (C=O) groups excluding carboxylic acids is 2. The highest BCUT2D eigenvalue weighted by atomic mass is 16.6. The Morgan fingerprint density at radius 1 is 0.811 bits per heavy atom. The van der Waals surface area contributed by atoms with Crippen LogP contribution in [0.5, 0.6) is 17.2 Å². The number of aryl methyl sites for hydroxylation is 1. The summed E-state index contributed by atoms with van der Waals surface area (Å²) in [6.07, 6.45) is 1.55. The maximum atomic E-state index is 12.8. The van der Waals surface area contributed by atoms with E-state index in [1.54, 1.807) is 48.5 Å². The van der Waals surface area contributed by atoms with Gasteiger partial charge >= 0.3 is 0 Å². The minimum atomic E-state index is -0.462. The molecule has 0 aromatic heterocycles. The molecule has 0 radical (unpaired) electrons. The van der Waals surface area contributed by atoms with Gasteiger partial charge in [-0.15, -0.1) is 0 Å². The second-order valence-electron chi connectivity index (χ2n) is 8.24. The molecule has 4 rings (SSSR count). The van der Waals surface area contributed by atoms with E-state index >= 15 is 0 Å². The van der Waals surface area contributed by atoms with Crippen LogP contribution in [0.15, 0.2) is 78.4 Å². The van der Waals surface area contributed by atoms with Crippen molar-refractivity contribution in [2.45, 2.75) is 13.8 Å². The van der Waals surface area contributed by atoms with Crippen LogP contribution in [0.3, 0.4) is 0 Å². The van der Waals surface area contributed by atoms with Gasteiger partial charge < -0.3 is 18.9 Å². The number of amides is 2. The molecular weight excluding hydrogens is 472 g/mol. The zero-order valence-electron chi connectivity index (χ0n) is 20.9. The van der Waals surface area contributed by atoms with Crippen LogP contribution in [0, 0.1) is 6.92 Å². The van der Waals surface area contributed by atoms with Crippen LogP contribution in [-0.2, 0) is 14.3 Å². The minimum absolute atomic E-state index is 0.0428. The number of nitrogens with one attached hydrogen (secondary N) is 1. The average Bonchev–Trinajstić information content (AvgIpc) is 3.19. The van der Waals surface area contributed by atoms with E-state index in [0.29, 0.717) is 55.8 Å². The average molecular weight is 503 g/mol. The number of hydrazine groups is 1. The van der Waals surface area contributed by atoms with Crippen LogP contribution in [0.4, 0.5) is 5.69 Å². The first kappa shape index (κ1) is 25.8. The largest absolute Gasteiger partial charge is 0.491 e. The van der Waals surface area contributed by atoms with E-state index in [0.717, 1.165) is 5.75 Å². The first-order valence-electron chi connectivity index (χ1n) is 12.1. The lowest BCUT2D eigenvalue weighted by molar-refractivity contribution is -0.117. The Hall–Kier alpha value is -4.30. The van der Waals surface area contributed by atoms with E-state index in [4.69, 9.17) is 18.9 Å². The highest BCUT2D eigenvalue weighted by Gasteiger charge is 2.34. The Morgan fingerprint density at radius 2 is 1.54 bits per heavy atom. The molecule has 8 nitrogen and oxygen atoms in total. The molecule has 1 N–H and O–H groups in total. The molecule has 0 saturated carbocycles. The van der Waals surface area contributed by atoms with Gasteiger partial charge in [-0.2, -0.15) is 0 Å². The molecule has 1 saturated heterocycles. The van der Waals surface area contributed by atoms with Gasteiger partial charge in [0, 0.05) is 0 Å². The molecule has 37 heavy (non-hydrogen) atoms. The van der Waals surface area contributed by atoms with Crippen molar-refractivity contribution in [3.8, 4) is 17.2 Å². The van der Waals surface area contributed by atoms with Gasteiger partial charge in [-0.1, -0.05) is 42.0 Å². The smallest absolute Gasteiger partial charge is 0.282 e. The zero-order valence-corrected chi connectivity index (χ0v) is 20.9. The predicted molar refractivity (Wildman–Crippen MR) is 141 cm³/mol. The third kappa shape index (κ3) is 6.89. The lowest BCUT2D eigenvalue weighted by atomic mass is 10.1. The fourth-order valence-electron chi connectivity index (χ4n) is 3.65. The lowest BCUT2D eigenvalue weighted by Gasteiger charge is -2.14. The third-order valence-electron chi connectivity index (χ3n) is 5.49. The Labute approximate surface area is 216 Å². The second kappa shape index (κ2) is 12.6. The van der Waals surface area contributed by atoms with Crippen molar-refractivity contribution in [3.63, 3.8) is 0 Å². The molecule has 1 aliphatic rings. The van der Waals surface area contributed by atoms with Gasteiger partial charge in [-0.05, 0) is 61.9 Å². The van der Waals surface area contributed by atoms with E-state index in [1.165, 1.54) is 10.6 Å². The van der Waals surface area contributed by atoms with E-state index < -0.39 is 11.8 Å². The summed E-state index contributed by atoms with van der Waals surface area (Å²) in [5.41, 5.74) is 5.06. The standard InChI is InChI=1S/C29H30N2O6/c1-3-35-27-20-22(19-25-28(32)30-31(29(25)33)23-7-5-4-6-8-23)11-14-26(27)37-18-16-34-15-17-36-24-12-9-21(2)10-13-24/h4-14,19-20H,3,15-18H2,1-2H3,(H,30,32). The van der Waals surface area contributed by atoms with Gasteiger partial charge in [-0.3, -0.25) is 15.0 Å². The Bertz CT molecular complexity index is 1240. The molecule has 3 aromatic rings. The predicted octanol–water partition coefficient (Wildman–Crippen LogP) is 4.33. The number of carbonyl (C=O) groups is 2. The molecule has 0 aliphatic carbocycles. The summed E-state index contributed by atoms with van der Waals surface area (Å²) < 4.78 is 22.8. The van der Waals surface area contributed by atoms with Crippen LogP contribution in [-0.4, -0.2) is 44.8 Å². The molecule has 3 aromatic carbocycles. The monoisotopic (exact) mass is 502 g/mol. The van der Waals surface area contributed by atoms with Crippen molar-refractivity contribution in [1.82, 2.24) is 5.43 Å². The Balaban J connectivity index is 1.30. The van der Waals surface area contributed by atoms with Gasteiger partial charge in [0.2, 0.25) is 0 Å². The van der Waals surface area contributed by atoms with Crippen LogP contribution in [0.1, 0.15) is 18.1 Å². The van der Waals surface area contributed by atoms with Gasteiger partial charge in [0.25, 0.3) is 11.8 Å². The van der Waals surface area contributed by atoms with Crippen LogP contribution < -0.4 is 24.6 Å². The highest BCUT2D eigenvalue weighted by Crippen LogP contribution is 2.30. The number of rotatable bonds is 12. The van der Waals surface area contributed by atoms with Gasteiger partial charge in [0.05, 0.1) is 25.5 Å². The molecule has 1 aliphatic heterocycles. The molecule has 1 fully saturated rings. The molecule has 8 heteroatoms. The van der Waals surface area contributed by atoms with Crippen molar-refractivity contribution in [3.05, 3.63) is 89.5 Å². The van der Waals surface area contributed by atoms with Gasteiger partial charge in [0.1, 0.15) is 24.5 Å².